The summed E-state index contributed by atoms with van der Waals surface area (Å²) >= 11 is 13.8. The van der Waals surface area contributed by atoms with Crippen LogP contribution in [0.3, 0.4) is 0 Å². The number of piperazine rings is 1. The minimum Gasteiger partial charge on any atom is -0.478 e. The number of rotatable bonds is 6. The quantitative estimate of drug-likeness (QED) is 0.580. The van der Waals surface area contributed by atoms with Crippen LogP contribution in [0.15, 0.2) is 35.2 Å². The highest BCUT2D eigenvalue weighted by molar-refractivity contribution is 7.97. The lowest BCUT2D eigenvalue weighted by Crippen LogP contribution is -2.43. The van der Waals surface area contributed by atoms with Gasteiger partial charge in [-0.15, -0.1) is 0 Å². The molecule has 1 aliphatic carbocycles. The molecule has 0 radical (unpaired) electrons. The summed E-state index contributed by atoms with van der Waals surface area (Å²) in [5.74, 6) is -1.49. The Labute approximate surface area is 183 Å². The molecule has 1 heterocycles. The largest absolute Gasteiger partial charge is 0.478 e. The highest BCUT2D eigenvalue weighted by atomic mass is 35.5. The van der Waals surface area contributed by atoms with Gasteiger partial charge in [-0.05, 0) is 72.2 Å². The summed E-state index contributed by atoms with van der Waals surface area (Å²) in [6.07, 6.45) is 2.09. The Morgan fingerprint density at radius 2 is 1.72 bits per heavy atom. The fraction of sp³-hybridized carbons (Fsp3) is 0.381. The third-order valence-electron chi connectivity index (χ3n) is 5.27. The lowest BCUT2D eigenvalue weighted by Gasteiger charge is -2.34. The predicted octanol–water partition coefficient (Wildman–Crippen LogP) is 5.53. The third-order valence-corrected chi connectivity index (χ3v) is 6.78. The van der Waals surface area contributed by atoms with E-state index in [-0.39, 0.29) is 5.56 Å². The van der Waals surface area contributed by atoms with Crippen LogP contribution in [0, 0.1) is 5.82 Å². The summed E-state index contributed by atoms with van der Waals surface area (Å²) in [4.78, 5) is 14.6. The standard InChI is InChI=1S/C21H21Cl2FN2O2S/c22-15-8-16(23)10-17(9-15)29-26-5-3-25(4-6-26)12-14-7-20(24)19(21(27)28)11-18(14)13-1-2-13/h7-11,13H,1-6,12H2,(H,27,28). The molecule has 2 aromatic rings. The molecular weight excluding hydrogens is 434 g/mol. The average Bonchev–Trinajstić information content (AvgIpc) is 3.47. The molecule has 1 saturated carbocycles. The van der Waals surface area contributed by atoms with Crippen LogP contribution < -0.4 is 0 Å². The predicted molar refractivity (Wildman–Crippen MR) is 115 cm³/mol. The Morgan fingerprint density at radius 1 is 1.07 bits per heavy atom. The van der Waals surface area contributed by atoms with Gasteiger partial charge in [0.1, 0.15) is 5.82 Å². The van der Waals surface area contributed by atoms with E-state index in [4.69, 9.17) is 23.2 Å². The molecule has 1 N–H and O–H groups in total. The number of aromatic carboxylic acids is 1. The fourth-order valence-corrected chi connectivity index (χ4v) is 5.32. The maximum absolute atomic E-state index is 14.3. The zero-order chi connectivity index (χ0) is 20.5. The number of carboxylic acid groups (broad SMARTS) is 1. The highest BCUT2D eigenvalue weighted by Crippen LogP contribution is 2.43. The van der Waals surface area contributed by atoms with Gasteiger partial charge in [0, 0.05) is 47.7 Å². The first-order chi connectivity index (χ1) is 13.9. The molecule has 0 amide bonds. The number of benzene rings is 2. The number of carbonyl (C=O) groups is 1. The SMILES string of the molecule is O=C(O)c1cc(C2CC2)c(CN2CCN(Sc3cc(Cl)cc(Cl)c3)CC2)cc1F. The molecule has 154 valence electrons. The van der Waals surface area contributed by atoms with Crippen LogP contribution in [0.5, 0.6) is 0 Å². The van der Waals surface area contributed by atoms with E-state index in [0.717, 1.165) is 55.0 Å². The molecule has 2 fully saturated rings. The van der Waals surface area contributed by atoms with Gasteiger partial charge in [0.15, 0.2) is 0 Å². The molecule has 2 aromatic carbocycles. The Bertz CT molecular complexity index is 911. The van der Waals surface area contributed by atoms with Gasteiger partial charge in [-0.25, -0.2) is 13.5 Å². The maximum atomic E-state index is 14.3. The van der Waals surface area contributed by atoms with Crippen LogP contribution in [-0.2, 0) is 6.54 Å². The van der Waals surface area contributed by atoms with E-state index in [1.165, 1.54) is 6.07 Å². The van der Waals surface area contributed by atoms with E-state index >= 15 is 0 Å². The summed E-state index contributed by atoms with van der Waals surface area (Å²) in [6, 6.07) is 8.49. The molecule has 4 rings (SSSR count). The van der Waals surface area contributed by atoms with Crippen molar-refractivity contribution in [1.82, 2.24) is 9.21 Å². The lowest BCUT2D eigenvalue weighted by atomic mass is 9.98. The molecule has 0 aromatic heterocycles. The van der Waals surface area contributed by atoms with Gasteiger partial charge < -0.3 is 5.11 Å². The van der Waals surface area contributed by atoms with Crippen molar-refractivity contribution in [3.63, 3.8) is 0 Å². The molecule has 0 spiro atoms. The molecule has 1 saturated heterocycles. The summed E-state index contributed by atoms with van der Waals surface area (Å²) < 4.78 is 16.5. The lowest BCUT2D eigenvalue weighted by molar-refractivity contribution is 0.0691. The van der Waals surface area contributed by atoms with Crippen molar-refractivity contribution in [2.75, 3.05) is 26.2 Å². The molecule has 0 unspecified atom stereocenters. The Balaban J connectivity index is 1.39. The van der Waals surface area contributed by atoms with Crippen molar-refractivity contribution in [2.24, 2.45) is 0 Å². The molecule has 0 atom stereocenters. The Hall–Kier alpha value is -1.31. The molecule has 4 nitrogen and oxygen atoms in total. The maximum Gasteiger partial charge on any atom is 0.338 e. The first-order valence-corrected chi connectivity index (χ1v) is 11.1. The number of halogens is 3. The number of hydrogen-bond acceptors (Lipinski definition) is 4. The second kappa shape index (κ2) is 8.82. The van der Waals surface area contributed by atoms with Crippen LogP contribution in [0.4, 0.5) is 4.39 Å². The van der Waals surface area contributed by atoms with Gasteiger partial charge in [0.05, 0.1) is 5.56 Å². The van der Waals surface area contributed by atoms with Gasteiger partial charge >= 0.3 is 5.97 Å². The summed E-state index contributed by atoms with van der Waals surface area (Å²) in [6.45, 7) is 4.08. The molecule has 2 aliphatic rings. The van der Waals surface area contributed by atoms with Gasteiger partial charge in [-0.2, -0.15) is 0 Å². The van der Waals surface area contributed by atoms with E-state index in [0.29, 0.717) is 22.5 Å². The van der Waals surface area contributed by atoms with Crippen molar-refractivity contribution in [3.8, 4) is 0 Å². The topological polar surface area (TPSA) is 43.8 Å². The first kappa shape index (κ1) is 20.9. The molecule has 0 bridgehead atoms. The third kappa shape index (κ3) is 5.25. The minimum atomic E-state index is -1.21. The number of carboxylic acids is 1. The molecular formula is C21H21Cl2FN2O2S. The molecule has 29 heavy (non-hydrogen) atoms. The van der Waals surface area contributed by atoms with Gasteiger partial charge in [-0.1, -0.05) is 23.2 Å². The average molecular weight is 455 g/mol. The van der Waals surface area contributed by atoms with Crippen LogP contribution >= 0.6 is 35.1 Å². The first-order valence-electron chi connectivity index (χ1n) is 9.56. The second-order valence-corrected chi connectivity index (χ2v) is 9.56. The van der Waals surface area contributed by atoms with Crippen molar-refractivity contribution in [2.45, 2.75) is 30.2 Å². The van der Waals surface area contributed by atoms with E-state index in [1.807, 2.05) is 12.1 Å². The molecule has 1 aliphatic heterocycles. The van der Waals surface area contributed by atoms with Crippen LogP contribution in [0.1, 0.15) is 40.2 Å². The molecule has 8 heteroatoms. The number of nitrogens with zero attached hydrogens (tertiary/aromatic N) is 2. The van der Waals surface area contributed by atoms with Crippen molar-refractivity contribution in [3.05, 3.63) is 62.9 Å². The van der Waals surface area contributed by atoms with Gasteiger partial charge in [0.25, 0.3) is 0 Å². The number of hydrogen-bond donors (Lipinski definition) is 1. The fourth-order valence-electron chi connectivity index (χ4n) is 3.66. The summed E-state index contributed by atoms with van der Waals surface area (Å²) in [7, 11) is 0. The summed E-state index contributed by atoms with van der Waals surface area (Å²) in [5.41, 5.74) is 1.68. The van der Waals surface area contributed by atoms with Crippen LogP contribution in [0.2, 0.25) is 10.0 Å². The highest BCUT2D eigenvalue weighted by Gasteiger charge is 2.29. The van der Waals surface area contributed by atoms with Crippen LogP contribution in [0.25, 0.3) is 0 Å². The van der Waals surface area contributed by atoms with E-state index < -0.39 is 11.8 Å². The zero-order valence-electron chi connectivity index (χ0n) is 15.7. The van der Waals surface area contributed by atoms with E-state index in [2.05, 4.69) is 9.21 Å². The normalized spacial score (nSPS) is 18.2. The van der Waals surface area contributed by atoms with E-state index in [9.17, 15) is 14.3 Å². The minimum absolute atomic E-state index is 0.225. The Kier molecular flexibility index (Phi) is 6.37. The van der Waals surface area contributed by atoms with E-state index in [1.54, 1.807) is 24.1 Å². The van der Waals surface area contributed by atoms with Gasteiger partial charge in [0.2, 0.25) is 0 Å². The zero-order valence-corrected chi connectivity index (χ0v) is 18.0. The summed E-state index contributed by atoms with van der Waals surface area (Å²) in [5, 5.41) is 10.5. The Morgan fingerprint density at radius 3 is 2.31 bits per heavy atom. The van der Waals surface area contributed by atoms with Crippen molar-refractivity contribution >= 4 is 41.1 Å². The van der Waals surface area contributed by atoms with Crippen LogP contribution in [-0.4, -0.2) is 46.5 Å². The van der Waals surface area contributed by atoms with Gasteiger partial charge in [-0.3, -0.25) is 4.90 Å². The monoisotopic (exact) mass is 454 g/mol. The smallest absolute Gasteiger partial charge is 0.338 e. The van der Waals surface area contributed by atoms with Crippen molar-refractivity contribution < 1.29 is 14.3 Å². The van der Waals surface area contributed by atoms with Crippen molar-refractivity contribution in [1.29, 1.82) is 0 Å². The second-order valence-electron chi connectivity index (χ2n) is 7.51.